The van der Waals surface area contributed by atoms with Gasteiger partial charge in [0.25, 0.3) is 0 Å². The second kappa shape index (κ2) is 10.0. The van der Waals surface area contributed by atoms with Crippen LogP contribution in [0.25, 0.3) is 11.0 Å². The Kier molecular flexibility index (Phi) is 6.64. The summed E-state index contributed by atoms with van der Waals surface area (Å²) in [4.78, 5) is 17.2. The Hall–Kier alpha value is -4.22. The number of aliphatic hydroxyl groups excluding tert-OH is 1. The summed E-state index contributed by atoms with van der Waals surface area (Å²) in [7, 11) is 0. The molecule has 186 valence electrons. The van der Waals surface area contributed by atoms with Gasteiger partial charge in [-0.1, -0.05) is 60.2 Å². The maximum Gasteiger partial charge on any atom is 0.225 e. The molecule has 1 amide bonds. The van der Waals surface area contributed by atoms with E-state index in [2.05, 4.69) is 37.0 Å². The van der Waals surface area contributed by atoms with Crippen molar-refractivity contribution in [2.75, 3.05) is 0 Å². The average Bonchev–Trinajstić information content (AvgIpc) is 3.31. The Morgan fingerprint density at radius 3 is 2.35 bits per heavy atom. The first-order valence-corrected chi connectivity index (χ1v) is 12.4. The van der Waals surface area contributed by atoms with E-state index in [0.29, 0.717) is 11.3 Å². The minimum atomic E-state index is -0.918. The molecule has 3 atom stereocenters. The molecule has 37 heavy (non-hydrogen) atoms. The highest BCUT2D eigenvalue weighted by Crippen LogP contribution is 2.41. The fourth-order valence-electron chi connectivity index (χ4n) is 5.26. The molecule has 3 N–H and O–H groups in total. The van der Waals surface area contributed by atoms with Crippen LogP contribution in [0, 0.1) is 20.8 Å². The van der Waals surface area contributed by atoms with Crippen molar-refractivity contribution in [2.45, 2.75) is 38.7 Å². The number of rotatable bonds is 7. The third-order valence-corrected chi connectivity index (χ3v) is 7.11. The van der Waals surface area contributed by atoms with Gasteiger partial charge in [-0.3, -0.25) is 9.78 Å². The molecule has 2 heterocycles. The topological polar surface area (TPSA) is 89.4 Å². The van der Waals surface area contributed by atoms with Gasteiger partial charge in [0.2, 0.25) is 5.91 Å². The average molecular weight is 491 g/mol. The summed E-state index contributed by atoms with van der Waals surface area (Å²) >= 11 is 0. The number of benzene rings is 3. The number of primary amides is 1. The van der Waals surface area contributed by atoms with Crippen molar-refractivity contribution in [2.24, 2.45) is 5.73 Å². The molecule has 0 aliphatic carbocycles. The molecule has 0 fully saturated rings. The van der Waals surface area contributed by atoms with Gasteiger partial charge in [-0.05, 0) is 78.4 Å². The van der Waals surface area contributed by atoms with Crippen molar-refractivity contribution in [3.05, 3.63) is 136 Å². The molecule has 5 aromatic rings. The summed E-state index contributed by atoms with van der Waals surface area (Å²) in [6, 6.07) is 25.6. The summed E-state index contributed by atoms with van der Waals surface area (Å²) in [6.45, 7) is 6.04. The maximum absolute atomic E-state index is 13.1. The number of carbonyl (C=O) groups excluding carboxylic acids is 1. The van der Waals surface area contributed by atoms with Crippen molar-refractivity contribution in [1.82, 2.24) is 4.98 Å². The highest BCUT2D eigenvalue weighted by molar-refractivity contribution is 5.87. The zero-order valence-corrected chi connectivity index (χ0v) is 21.2. The molecule has 0 radical (unpaired) electrons. The lowest BCUT2D eigenvalue weighted by atomic mass is 9.75. The van der Waals surface area contributed by atoms with Crippen LogP contribution in [-0.2, 0) is 4.79 Å². The molecule has 2 unspecified atom stereocenters. The third kappa shape index (κ3) is 4.78. The number of aliphatic hydroxyl groups is 1. The molecular formula is C32H30N2O3. The minimum absolute atomic E-state index is 0.256. The number of furan rings is 1. The van der Waals surface area contributed by atoms with E-state index in [1.54, 1.807) is 18.5 Å². The number of hydrogen-bond donors (Lipinski definition) is 2. The number of nitrogens with two attached hydrogens (primary N) is 1. The molecule has 5 rings (SSSR count). The van der Waals surface area contributed by atoms with Gasteiger partial charge in [0.05, 0.1) is 5.92 Å². The van der Waals surface area contributed by atoms with Gasteiger partial charge in [-0.15, -0.1) is 0 Å². The molecule has 0 spiro atoms. The zero-order valence-electron chi connectivity index (χ0n) is 21.2. The summed E-state index contributed by atoms with van der Waals surface area (Å²) < 4.78 is 6.01. The SMILES string of the molecule is Cc1ccc([C@H](c2ccccc2)C(C(N)=O)c2ccc3oc(C(O)c4ccncc4C)cc3c2)c(C)c1. The summed E-state index contributed by atoms with van der Waals surface area (Å²) in [5.41, 5.74) is 13.5. The summed E-state index contributed by atoms with van der Waals surface area (Å²) in [5.74, 6) is -0.817. The number of amides is 1. The van der Waals surface area contributed by atoms with Gasteiger partial charge in [0.15, 0.2) is 0 Å². The molecule has 0 aliphatic rings. The predicted octanol–water partition coefficient (Wildman–Crippen LogP) is 6.24. The fourth-order valence-corrected chi connectivity index (χ4v) is 5.26. The van der Waals surface area contributed by atoms with E-state index < -0.39 is 17.9 Å². The molecule has 2 aromatic heterocycles. The number of aryl methyl sites for hydroxylation is 3. The normalized spacial score (nSPS) is 13.8. The minimum Gasteiger partial charge on any atom is -0.458 e. The van der Waals surface area contributed by atoms with Crippen LogP contribution in [0.1, 0.15) is 62.6 Å². The fraction of sp³-hybridized carbons (Fsp3) is 0.188. The smallest absolute Gasteiger partial charge is 0.225 e. The van der Waals surface area contributed by atoms with Gasteiger partial charge < -0.3 is 15.3 Å². The highest BCUT2D eigenvalue weighted by Gasteiger charge is 2.32. The number of pyridine rings is 1. The van der Waals surface area contributed by atoms with Crippen LogP contribution in [0.15, 0.2) is 95.7 Å². The molecular weight excluding hydrogens is 460 g/mol. The monoisotopic (exact) mass is 490 g/mol. The first-order chi connectivity index (χ1) is 17.8. The lowest BCUT2D eigenvalue weighted by molar-refractivity contribution is -0.119. The van der Waals surface area contributed by atoms with E-state index in [9.17, 15) is 9.90 Å². The van der Waals surface area contributed by atoms with E-state index >= 15 is 0 Å². The van der Waals surface area contributed by atoms with E-state index in [-0.39, 0.29) is 5.92 Å². The predicted molar refractivity (Wildman–Crippen MR) is 145 cm³/mol. The van der Waals surface area contributed by atoms with Crippen molar-refractivity contribution < 1.29 is 14.3 Å². The Bertz CT molecular complexity index is 1570. The number of fused-ring (bicyclic) bond motifs is 1. The Morgan fingerprint density at radius 1 is 0.865 bits per heavy atom. The van der Waals surface area contributed by atoms with Gasteiger partial charge >= 0.3 is 0 Å². The lowest BCUT2D eigenvalue weighted by Gasteiger charge is -2.28. The standard InChI is InChI=1S/C32H30N2O3/c1-19-9-11-25(20(2)15-19)29(22-7-5-4-6-8-22)30(32(33)36)23-10-12-27-24(16-23)17-28(37-27)31(35)26-13-14-34-18-21(26)3/h4-18,29-31,35H,1-3H3,(H2,33,36)/t29-,30?,31?/m0/s1. The number of hydrogen-bond acceptors (Lipinski definition) is 4. The second-order valence-electron chi connectivity index (χ2n) is 9.71. The van der Waals surface area contributed by atoms with Crippen molar-refractivity contribution in [1.29, 1.82) is 0 Å². The van der Waals surface area contributed by atoms with Gasteiger partial charge in [0, 0.05) is 23.7 Å². The summed E-state index contributed by atoms with van der Waals surface area (Å²) in [6.07, 6.45) is 2.45. The molecule has 3 aromatic carbocycles. The highest BCUT2D eigenvalue weighted by atomic mass is 16.4. The van der Waals surface area contributed by atoms with Crippen LogP contribution in [0.4, 0.5) is 0 Å². The summed E-state index contributed by atoms with van der Waals surface area (Å²) in [5, 5.41) is 11.8. The second-order valence-corrected chi connectivity index (χ2v) is 9.71. The van der Waals surface area contributed by atoms with E-state index in [0.717, 1.165) is 38.8 Å². The zero-order chi connectivity index (χ0) is 26.1. The van der Waals surface area contributed by atoms with Gasteiger partial charge in [-0.2, -0.15) is 0 Å². The van der Waals surface area contributed by atoms with Crippen LogP contribution in [0.5, 0.6) is 0 Å². The molecule has 0 bridgehead atoms. The molecule has 0 aliphatic heterocycles. The van der Waals surface area contributed by atoms with Crippen molar-refractivity contribution in [3.63, 3.8) is 0 Å². The van der Waals surface area contributed by atoms with E-state index in [4.69, 9.17) is 10.2 Å². The van der Waals surface area contributed by atoms with Crippen LogP contribution >= 0.6 is 0 Å². The number of carbonyl (C=O) groups is 1. The Labute approximate surface area is 216 Å². The molecule has 0 saturated heterocycles. The van der Waals surface area contributed by atoms with Gasteiger partial charge in [-0.25, -0.2) is 0 Å². The quantitative estimate of drug-likeness (QED) is 0.283. The third-order valence-electron chi connectivity index (χ3n) is 7.11. The number of aromatic nitrogens is 1. The van der Waals surface area contributed by atoms with Crippen LogP contribution < -0.4 is 5.73 Å². The number of nitrogens with zero attached hydrogens (tertiary/aromatic N) is 1. The molecule has 5 nitrogen and oxygen atoms in total. The largest absolute Gasteiger partial charge is 0.458 e. The Balaban J connectivity index is 1.61. The van der Waals surface area contributed by atoms with E-state index in [1.807, 2.05) is 61.5 Å². The van der Waals surface area contributed by atoms with Crippen molar-refractivity contribution >= 4 is 16.9 Å². The lowest BCUT2D eigenvalue weighted by Crippen LogP contribution is -2.28. The van der Waals surface area contributed by atoms with Crippen LogP contribution in [-0.4, -0.2) is 16.0 Å². The first-order valence-electron chi connectivity index (χ1n) is 12.4. The first kappa shape index (κ1) is 24.5. The maximum atomic E-state index is 13.1. The Morgan fingerprint density at radius 2 is 1.65 bits per heavy atom. The van der Waals surface area contributed by atoms with Crippen LogP contribution in [0.2, 0.25) is 0 Å². The van der Waals surface area contributed by atoms with E-state index in [1.165, 1.54) is 5.56 Å². The van der Waals surface area contributed by atoms with Crippen LogP contribution in [0.3, 0.4) is 0 Å². The molecule has 5 heteroatoms. The van der Waals surface area contributed by atoms with Crippen molar-refractivity contribution in [3.8, 4) is 0 Å². The molecule has 0 saturated carbocycles. The van der Waals surface area contributed by atoms with Gasteiger partial charge in [0.1, 0.15) is 17.4 Å².